The van der Waals surface area contributed by atoms with Crippen LogP contribution in [-0.4, -0.2) is 35.7 Å². The van der Waals surface area contributed by atoms with Crippen molar-refractivity contribution in [1.29, 1.82) is 0 Å². The third-order valence-electron chi connectivity index (χ3n) is 5.03. The van der Waals surface area contributed by atoms with Gasteiger partial charge in [0.05, 0.1) is 18.7 Å². The number of rotatable bonds is 6. The number of anilines is 1. The maximum atomic E-state index is 12.7. The van der Waals surface area contributed by atoms with Crippen LogP contribution in [0.15, 0.2) is 54.7 Å². The highest BCUT2D eigenvalue weighted by Crippen LogP contribution is 2.29. The summed E-state index contributed by atoms with van der Waals surface area (Å²) in [7, 11) is 0. The molecule has 1 aromatic heterocycles. The molecule has 30 heavy (non-hydrogen) atoms. The molecule has 2 heterocycles. The summed E-state index contributed by atoms with van der Waals surface area (Å²) in [5, 5.41) is 2.92. The minimum atomic E-state index is -4.85. The van der Waals surface area contributed by atoms with Crippen LogP contribution >= 0.6 is 0 Å². The van der Waals surface area contributed by atoms with E-state index in [2.05, 4.69) is 9.72 Å². The fourth-order valence-electron chi connectivity index (χ4n) is 3.71. The fourth-order valence-corrected chi connectivity index (χ4v) is 3.71. The van der Waals surface area contributed by atoms with Gasteiger partial charge in [-0.2, -0.15) is 0 Å². The number of benzene rings is 2. The standard InChI is InChI=1S/C21H18F3N3O3/c22-21(23,24)30-15-5-3-4-14(10-15)27-19(28)11-18(20(27)29)25-9-8-13-12-26-17-7-2-1-6-16(13)17/h1-7,10,12,18,25-26H,8-9,11H2/p+1/t18-/m1/s1. The van der Waals surface area contributed by atoms with Crippen LogP contribution in [0.25, 0.3) is 10.9 Å². The summed E-state index contributed by atoms with van der Waals surface area (Å²) in [5.41, 5.74) is 2.22. The van der Waals surface area contributed by atoms with Crippen LogP contribution in [0.2, 0.25) is 0 Å². The zero-order valence-electron chi connectivity index (χ0n) is 15.8. The molecule has 3 N–H and O–H groups in total. The predicted octanol–water partition coefficient (Wildman–Crippen LogP) is 2.50. The second-order valence-electron chi connectivity index (χ2n) is 7.06. The lowest BCUT2D eigenvalue weighted by atomic mass is 10.1. The minimum absolute atomic E-state index is 0.00290. The van der Waals surface area contributed by atoms with Gasteiger partial charge in [-0.25, -0.2) is 4.90 Å². The number of H-pyrrole nitrogens is 1. The maximum Gasteiger partial charge on any atom is 0.573 e. The van der Waals surface area contributed by atoms with Gasteiger partial charge in [0.2, 0.25) is 5.91 Å². The third-order valence-corrected chi connectivity index (χ3v) is 5.03. The van der Waals surface area contributed by atoms with Crippen LogP contribution in [0.1, 0.15) is 12.0 Å². The first-order valence-electron chi connectivity index (χ1n) is 9.43. The van der Waals surface area contributed by atoms with E-state index in [1.807, 2.05) is 30.5 Å². The molecule has 6 nitrogen and oxygen atoms in total. The molecular formula is C21H19F3N3O3+. The molecule has 4 rings (SSSR count). The minimum Gasteiger partial charge on any atom is -0.406 e. The van der Waals surface area contributed by atoms with Gasteiger partial charge in [-0.05, 0) is 23.8 Å². The smallest absolute Gasteiger partial charge is 0.406 e. The van der Waals surface area contributed by atoms with Gasteiger partial charge in [0.1, 0.15) is 5.75 Å². The average Bonchev–Trinajstić information content (AvgIpc) is 3.21. The quantitative estimate of drug-likeness (QED) is 0.604. The van der Waals surface area contributed by atoms with Crippen molar-refractivity contribution in [3.8, 4) is 5.75 Å². The molecule has 0 spiro atoms. The first kappa shape index (κ1) is 20.0. The molecule has 2 amide bonds. The molecular weight excluding hydrogens is 399 g/mol. The van der Waals surface area contributed by atoms with Gasteiger partial charge in [0.25, 0.3) is 5.91 Å². The Balaban J connectivity index is 1.41. The lowest BCUT2D eigenvalue weighted by molar-refractivity contribution is -0.674. The van der Waals surface area contributed by atoms with Crippen LogP contribution in [0.3, 0.4) is 0 Å². The number of aromatic amines is 1. The molecule has 3 aromatic rings. The van der Waals surface area contributed by atoms with E-state index in [9.17, 15) is 22.8 Å². The number of amides is 2. The zero-order chi connectivity index (χ0) is 21.3. The van der Waals surface area contributed by atoms with E-state index in [0.717, 1.165) is 33.5 Å². The predicted molar refractivity (Wildman–Crippen MR) is 103 cm³/mol. The molecule has 0 radical (unpaired) electrons. The average molecular weight is 418 g/mol. The molecule has 9 heteroatoms. The molecule has 2 aromatic carbocycles. The molecule has 1 atom stereocenters. The summed E-state index contributed by atoms with van der Waals surface area (Å²) in [5.74, 6) is -1.37. The number of halogens is 3. The van der Waals surface area contributed by atoms with Crippen LogP contribution in [0.5, 0.6) is 5.75 Å². The van der Waals surface area contributed by atoms with Crippen molar-refractivity contribution >= 4 is 28.4 Å². The number of para-hydroxylation sites is 1. The number of nitrogens with zero attached hydrogens (tertiary/aromatic N) is 1. The second-order valence-corrected chi connectivity index (χ2v) is 7.06. The lowest BCUT2D eigenvalue weighted by Gasteiger charge is -2.16. The van der Waals surface area contributed by atoms with Gasteiger partial charge >= 0.3 is 6.36 Å². The summed E-state index contributed by atoms with van der Waals surface area (Å²) in [6.07, 6.45) is -2.22. The van der Waals surface area contributed by atoms with Crippen LogP contribution < -0.4 is 15.0 Å². The molecule has 156 valence electrons. The molecule has 1 fully saturated rings. The van der Waals surface area contributed by atoms with Crippen molar-refractivity contribution in [2.75, 3.05) is 11.4 Å². The van der Waals surface area contributed by atoms with E-state index in [0.29, 0.717) is 13.0 Å². The lowest BCUT2D eigenvalue weighted by Crippen LogP contribution is -2.92. The van der Waals surface area contributed by atoms with E-state index < -0.39 is 30.0 Å². The van der Waals surface area contributed by atoms with Gasteiger partial charge < -0.3 is 15.0 Å². The first-order chi connectivity index (χ1) is 14.3. The molecule has 0 bridgehead atoms. The van der Waals surface area contributed by atoms with Crippen LogP contribution in [-0.2, 0) is 16.0 Å². The van der Waals surface area contributed by atoms with Crippen molar-refractivity contribution in [3.05, 3.63) is 60.3 Å². The number of hydrogen-bond acceptors (Lipinski definition) is 3. The highest BCUT2D eigenvalue weighted by Gasteiger charge is 2.42. The Hall–Kier alpha value is -3.33. The molecule has 1 aliphatic rings. The number of imide groups is 1. The summed E-state index contributed by atoms with van der Waals surface area (Å²) < 4.78 is 41.2. The number of carbonyl (C=O) groups excluding carboxylic acids is 2. The number of ether oxygens (including phenoxy) is 1. The van der Waals surface area contributed by atoms with Crippen LogP contribution in [0, 0.1) is 0 Å². The number of carbonyl (C=O) groups is 2. The number of hydrogen-bond donors (Lipinski definition) is 2. The molecule has 1 aliphatic heterocycles. The number of alkyl halides is 3. The van der Waals surface area contributed by atoms with Gasteiger partial charge in [0.15, 0.2) is 6.04 Å². The zero-order valence-corrected chi connectivity index (χ0v) is 15.8. The highest BCUT2D eigenvalue weighted by molar-refractivity contribution is 6.21. The number of nitrogens with one attached hydrogen (secondary N) is 1. The number of fused-ring (bicyclic) bond motifs is 1. The summed E-state index contributed by atoms with van der Waals surface area (Å²) >= 11 is 0. The van der Waals surface area contributed by atoms with E-state index >= 15 is 0 Å². The third kappa shape index (κ3) is 4.16. The SMILES string of the molecule is O=C1C[C@@H]([NH2+]CCc2c[nH]c3ccccc23)C(=O)N1c1cccc(OC(F)(F)F)c1. The van der Waals surface area contributed by atoms with Crippen molar-refractivity contribution in [3.63, 3.8) is 0 Å². The summed E-state index contributed by atoms with van der Waals surface area (Å²) in [6, 6.07) is 12.2. The summed E-state index contributed by atoms with van der Waals surface area (Å²) in [6.45, 7) is 0.594. The highest BCUT2D eigenvalue weighted by atomic mass is 19.4. The largest absolute Gasteiger partial charge is 0.573 e. The van der Waals surface area contributed by atoms with Crippen molar-refractivity contribution in [2.45, 2.75) is 25.2 Å². The first-order valence-corrected chi connectivity index (χ1v) is 9.43. The number of nitrogens with two attached hydrogens (primary N) is 1. The Bertz CT molecular complexity index is 1090. The monoisotopic (exact) mass is 418 g/mol. The van der Waals surface area contributed by atoms with E-state index in [4.69, 9.17) is 0 Å². The molecule has 0 aliphatic carbocycles. The van der Waals surface area contributed by atoms with Crippen molar-refractivity contribution in [2.24, 2.45) is 0 Å². The van der Waals surface area contributed by atoms with Crippen molar-refractivity contribution in [1.82, 2.24) is 4.98 Å². The Morgan fingerprint density at radius 1 is 1.13 bits per heavy atom. The molecule has 0 unspecified atom stereocenters. The second kappa shape index (κ2) is 7.83. The molecule has 1 saturated heterocycles. The van der Waals surface area contributed by atoms with Gasteiger partial charge in [-0.1, -0.05) is 24.3 Å². The molecule has 0 saturated carbocycles. The Morgan fingerprint density at radius 2 is 1.93 bits per heavy atom. The normalized spacial score (nSPS) is 17.2. The van der Waals surface area contributed by atoms with E-state index in [-0.39, 0.29) is 12.1 Å². The van der Waals surface area contributed by atoms with Crippen molar-refractivity contribution < 1.29 is 32.8 Å². The van der Waals surface area contributed by atoms with E-state index in [1.165, 1.54) is 12.1 Å². The Kier molecular flexibility index (Phi) is 5.21. The summed E-state index contributed by atoms with van der Waals surface area (Å²) in [4.78, 5) is 29.2. The topological polar surface area (TPSA) is 79.0 Å². The Morgan fingerprint density at radius 3 is 2.73 bits per heavy atom. The fraction of sp³-hybridized carbons (Fsp3) is 0.238. The van der Waals surface area contributed by atoms with Gasteiger partial charge in [0, 0.05) is 29.6 Å². The van der Waals surface area contributed by atoms with Crippen LogP contribution in [0.4, 0.5) is 18.9 Å². The number of aromatic nitrogens is 1. The number of quaternary nitrogens is 1. The van der Waals surface area contributed by atoms with Gasteiger partial charge in [-0.3, -0.25) is 9.59 Å². The Labute approximate surface area is 169 Å². The van der Waals surface area contributed by atoms with E-state index in [1.54, 1.807) is 5.32 Å². The van der Waals surface area contributed by atoms with Gasteiger partial charge in [-0.15, -0.1) is 13.2 Å². The maximum absolute atomic E-state index is 12.7.